The number of hydrogen-bond acceptors (Lipinski definition) is 5. The van der Waals surface area contributed by atoms with Crippen molar-refractivity contribution in [2.45, 2.75) is 37.4 Å². The van der Waals surface area contributed by atoms with Crippen LogP contribution in [0.5, 0.6) is 0 Å². The molecule has 0 aromatic heterocycles. The van der Waals surface area contributed by atoms with E-state index in [2.05, 4.69) is 5.32 Å². The average molecular weight is 608 g/mol. The topological polar surface area (TPSA) is 95.9 Å². The first-order valence-electron chi connectivity index (χ1n) is 12.1. The van der Waals surface area contributed by atoms with Crippen molar-refractivity contribution in [2.24, 2.45) is 0 Å². The summed E-state index contributed by atoms with van der Waals surface area (Å²) < 4.78 is 5.42. The van der Waals surface area contributed by atoms with Crippen LogP contribution in [0.3, 0.4) is 0 Å². The summed E-state index contributed by atoms with van der Waals surface area (Å²) >= 11 is 25.4. The summed E-state index contributed by atoms with van der Waals surface area (Å²) in [6, 6.07) is 12.8. The van der Waals surface area contributed by atoms with E-state index in [1.807, 2.05) is 24.3 Å². The highest BCUT2D eigenvalue weighted by Crippen LogP contribution is 2.52. The molecule has 39 heavy (non-hydrogen) atoms. The van der Waals surface area contributed by atoms with Crippen molar-refractivity contribution < 1.29 is 24.2 Å². The largest absolute Gasteiger partial charge is 0.478 e. The van der Waals surface area contributed by atoms with Crippen LogP contribution < -0.4 is 5.32 Å². The number of halogens is 4. The van der Waals surface area contributed by atoms with E-state index in [9.17, 15) is 19.5 Å². The van der Waals surface area contributed by atoms with Gasteiger partial charge in [-0.2, -0.15) is 0 Å². The van der Waals surface area contributed by atoms with Crippen LogP contribution >= 0.6 is 46.4 Å². The van der Waals surface area contributed by atoms with Crippen molar-refractivity contribution in [3.05, 3.63) is 96.9 Å². The molecule has 5 rings (SSSR count). The van der Waals surface area contributed by atoms with E-state index in [0.29, 0.717) is 5.56 Å². The fourth-order valence-corrected chi connectivity index (χ4v) is 6.31. The zero-order valence-corrected chi connectivity index (χ0v) is 23.5. The van der Waals surface area contributed by atoms with Gasteiger partial charge in [0.15, 0.2) is 0 Å². The van der Waals surface area contributed by atoms with Crippen molar-refractivity contribution in [2.75, 3.05) is 11.9 Å². The van der Waals surface area contributed by atoms with Crippen LogP contribution in [-0.2, 0) is 9.53 Å². The maximum Gasteiger partial charge on any atom is 0.336 e. The Morgan fingerprint density at radius 2 is 1.62 bits per heavy atom. The lowest BCUT2D eigenvalue weighted by molar-refractivity contribution is -0.151. The van der Waals surface area contributed by atoms with Crippen LogP contribution in [0.4, 0.5) is 5.69 Å². The van der Waals surface area contributed by atoms with Crippen LogP contribution in [0, 0.1) is 0 Å². The molecule has 0 aliphatic carbocycles. The Morgan fingerprint density at radius 3 is 2.31 bits per heavy atom. The number of rotatable bonds is 5. The Kier molecular flexibility index (Phi) is 7.71. The van der Waals surface area contributed by atoms with E-state index in [-0.39, 0.29) is 50.2 Å². The molecular formula is C28H22Cl4N2O5. The summed E-state index contributed by atoms with van der Waals surface area (Å²) in [5.74, 6) is -2.91. The molecule has 3 aromatic carbocycles. The second-order valence-corrected chi connectivity index (χ2v) is 10.9. The summed E-state index contributed by atoms with van der Waals surface area (Å²) in [7, 11) is 0. The van der Waals surface area contributed by atoms with Crippen LogP contribution in [-0.4, -0.2) is 46.5 Å². The number of nitrogens with zero attached hydrogens (tertiary/aromatic N) is 1. The number of piperidine rings is 1. The Morgan fingerprint density at radius 1 is 0.949 bits per heavy atom. The number of anilines is 1. The van der Waals surface area contributed by atoms with Gasteiger partial charge in [0, 0.05) is 11.6 Å². The number of nitrogens with one attached hydrogen (secondary N) is 1. The third-order valence-corrected chi connectivity index (χ3v) is 8.74. The predicted molar refractivity (Wildman–Crippen MR) is 150 cm³/mol. The van der Waals surface area contributed by atoms with Crippen molar-refractivity contribution in [1.29, 1.82) is 0 Å². The first kappa shape index (κ1) is 27.6. The Hall–Kier alpha value is -2.97. The van der Waals surface area contributed by atoms with Gasteiger partial charge in [0.1, 0.15) is 6.04 Å². The van der Waals surface area contributed by atoms with Crippen molar-refractivity contribution in [1.82, 2.24) is 4.90 Å². The number of hydrogen-bond donors (Lipinski definition) is 2. The van der Waals surface area contributed by atoms with Gasteiger partial charge in [0.25, 0.3) is 5.91 Å². The molecule has 3 aromatic rings. The second-order valence-electron chi connectivity index (χ2n) is 9.28. The summed E-state index contributed by atoms with van der Waals surface area (Å²) in [6.45, 7) is 1.77. The summed E-state index contributed by atoms with van der Waals surface area (Å²) in [4.78, 5) is 41.4. The number of benzene rings is 3. The maximum atomic E-state index is 14.4. The van der Waals surface area contributed by atoms with Crippen LogP contribution in [0.25, 0.3) is 0 Å². The van der Waals surface area contributed by atoms with Gasteiger partial charge in [-0.25, -0.2) is 9.59 Å². The van der Waals surface area contributed by atoms with Gasteiger partial charge in [-0.05, 0) is 48.7 Å². The van der Waals surface area contributed by atoms with Gasteiger partial charge in [-0.1, -0.05) is 76.7 Å². The fraction of sp³-hybridized carbons (Fsp3) is 0.250. The van der Waals surface area contributed by atoms with Crippen LogP contribution in [0.2, 0.25) is 20.1 Å². The van der Waals surface area contributed by atoms with Gasteiger partial charge in [-0.3, -0.25) is 4.79 Å². The molecule has 3 unspecified atom stereocenters. The molecule has 202 valence electrons. The number of carbonyl (C=O) groups excluding carboxylic acids is 2. The average Bonchev–Trinajstić information content (AvgIpc) is 3.28. The molecule has 0 radical (unpaired) electrons. The Balaban J connectivity index is 1.75. The number of likely N-dealkylation sites (tertiary alicyclic amines) is 1. The summed E-state index contributed by atoms with van der Waals surface area (Å²) in [5, 5.41) is 13.9. The van der Waals surface area contributed by atoms with Gasteiger partial charge < -0.3 is 20.1 Å². The van der Waals surface area contributed by atoms with E-state index in [1.165, 1.54) is 11.0 Å². The number of aromatic carboxylic acids is 1. The molecule has 2 aliphatic rings. The number of esters is 1. The SMILES string of the molecule is CCOC(=O)C1CC2c3ccccc3NC2[C@H](c2cccc(Cl)c2Cl)N1C(=O)c1cc(Cl)c(Cl)cc1C(=O)O. The zero-order valence-electron chi connectivity index (χ0n) is 20.5. The minimum absolute atomic E-state index is 0.00341. The maximum absolute atomic E-state index is 14.4. The highest BCUT2D eigenvalue weighted by atomic mass is 35.5. The summed E-state index contributed by atoms with van der Waals surface area (Å²) in [5.41, 5.74) is 1.79. The summed E-state index contributed by atoms with van der Waals surface area (Å²) in [6.07, 6.45) is 0.234. The molecule has 11 heteroatoms. The van der Waals surface area contributed by atoms with E-state index in [4.69, 9.17) is 51.1 Å². The van der Waals surface area contributed by atoms with E-state index >= 15 is 0 Å². The van der Waals surface area contributed by atoms with Gasteiger partial charge in [0.2, 0.25) is 0 Å². The lowest BCUT2D eigenvalue weighted by Gasteiger charge is -2.47. The Bertz CT molecular complexity index is 1500. The highest BCUT2D eigenvalue weighted by molar-refractivity contribution is 6.43. The molecule has 0 saturated carbocycles. The molecule has 1 saturated heterocycles. The normalized spacial score (nSPS) is 21.5. The van der Waals surface area contributed by atoms with E-state index < -0.39 is 36.0 Å². The molecule has 1 amide bonds. The minimum atomic E-state index is -1.37. The first-order valence-corrected chi connectivity index (χ1v) is 13.7. The lowest BCUT2D eigenvalue weighted by Crippen LogP contribution is -2.57. The smallest absolute Gasteiger partial charge is 0.336 e. The number of carbonyl (C=O) groups is 3. The minimum Gasteiger partial charge on any atom is -0.478 e. The third kappa shape index (κ3) is 4.82. The number of amides is 1. The fourth-order valence-electron chi connectivity index (χ4n) is 5.57. The van der Waals surface area contributed by atoms with Gasteiger partial charge in [-0.15, -0.1) is 0 Å². The molecule has 0 bridgehead atoms. The number of para-hydroxylation sites is 1. The molecule has 7 nitrogen and oxygen atoms in total. The molecule has 0 spiro atoms. The highest BCUT2D eigenvalue weighted by Gasteiger charge is 2.53. The van der Waals surface area contributed by atoms with E-state index in [0.717, 1.165) is 17.3 Å². The lowest BCUT2D eigenvalue weighted by atomic mass is 9.77. The van der Waals surface area contributed by atoms with Crippen molar-refractivity contribution in [3.8, 4) is 0 Å². The number of fused-ring (bicyclic) bond motifs is 3. The van der Waals surface area contributed by atoms with Crippen molar-refractivity contribution in [3.63, 3.8) is 0 Å². The molecule has 2 heterocycles. The molecule has 1 fully saturated rings. The number of carboxylic acid groups (broad SMARTS) is 1. The third-order valence-electron chi connectivity index (χ3n) is 7.18. The molecule has 4 atom stereocenters. The molecular weight excluding hydrogens is 586 g/mol. The van der Waals surface area contributed by atoms with Crippen LogP contribution in [0.15, 0.2) is 54.6 Å². The van der Waals surface area contributed by atoms with Crippen molar-refractivity contribution >= 4 is 69.9 Å². The standard InChI is InChI=1S/C28H22Cl4N2O5/c1-2-39-28(38)22-12-15-13-6-3-4-9-21(13)33-24(15)25(14-7-5-8-18(29)23(14)32)34(22)26(35)16-10-19(30)20(31)11-17(16)27(36)37/h3-11,15,22,24-25,33H,2,12H2,1H3,(H,36,37)/t15?,22?,24?,25-/m0/s1. The first-order chi connectivity index (χ1) is 18.6. The predicted octanol–water partition coefficient (Wildman–Crippen LogP) is 7.10. The van der Waals surface area contributed by atoms with Crippen LogP contribution in [0.1, 0.15) is 57.1 Å². The van der Waals surface area contributed by atoms with Gasteiger partial charge in [0.05, 0.1) is 49.9 Å². The number of carboxylic acids is 1. The second kappa shape index (κ2) is 10.9. The zero-order chi connectivity index (χ0) is 28.0. The monoisotopic (exact) mass is 606 g/mol. The quantitative estimate of drug-likeness (QED) is 0.300. The number of ether oxygens (including phenoxy) is 1. The molecule has 2 N–H and O–H groups in total. The van der Waals surface area contributed by atoms with E-state index in [1.54, 1.807) is 25.1 Å². The molecule has 2 aliphatic heterocycles. The Labute approximate surface area is 244 Å². The van der Waals surface area contributed by atoms with Gasteiger partial charge >= 0.3 is 11.9 Å².